The van der Waals surface area contributed by atoms with E-state index in [9.17, 15) is 45.3 Å². The van der Waals surface area contributed by atoms with Crippen molar-refractivity contribution in [2.45, 2.75) is 12.3 Å². The molecule has 114 valence electrons. The van der Waals surface area contributed by atoms with E-state index in [1.807, 2.05) is 0 Å². The largest absolute Gasteiger partial charge is 0.440 e. The van der Waals surface area contributed by atoms with Crippen LogP contribution < -0.4 is 0 Å². The predicted molar refractivity (Wildman–Crippen MR) is 53.2 cm³/mol. The molecular formula is C4H4N8O9. The molecule has 0 bridgehead atoms. The third-order valence-electron chi connectivity index (χ3n) is 2.83. The lowest BCUT2D eigenvalue weighted by Gasteiger charge is -2.14. The maximum Gasteiger partial charge on any atom is 0.440 e. The molecule has 2 saturated heterocycles. The van der Waals surface area contributed by atoms with E-state index in [0.29, 0.717) is 0 Å². The van der Waals surface area contributed by atoms with E-state index in [2.05, 4.69) is 0 Å². The number of amides is 2. The fourth-order valence-corrected chi connectivity index (χ4v) is 2.09. The quantitative estimate of drug-likeness (QED) is 0.399. The third kappa shape index (κ3) is 1.74. The van der Waals surface area contributed by atoms with E-state index in [1.165, 1.54) is 0 Å². The molecule has 2 amide bonds. The van der Waals surface area contributed by atoms with Gasteiger partial charge in [-0.15, -0.1) is 0 Å². The number of hydrogen-bond acceptors (Lipinski definition) is 9. The van der Waals surface area contributed by atoms with Crippen molar-refractivity contribution in [3.05, 3.63) is 40.5 Å². The summed E-state index contributed by atoms with van der Waals surface area (Å²) in [7, 11) is 0. The first-order chi connectivity index (χ1) is 9.68. The van der Waals surface area contributed by atoms with E-state index in [1.54, 1.807) is 0 Å². The summed E-state index contributed by atoms with van der Waals surface area (Å²) in [6.07, 6.45) is -4.23. The Morgan fingerprint density at radius 3 is 1.33 bits per heavy atom. The monoisotopic (exact) mass is 308 g/mol. The molecule has 2 unspecified atom stereocenters. The van der Waals surface area contributed by atoms with Crippen molar-refractivity contribution < 1.29 is 24.9 Å². The van der Waals surface area contributed by atoms with Crippen molar-refractivity contribution in [1.82, 2.24) is 20.0 Å². The molecular weight excluding hydrogens is 304 g/mol. The van der Waals surface area contributed by atoms with Crippen LogP contribution in [-0.2, 0) is 0 Å². The van der Waals surface area contributed by atoms with Gasteiger partial charge in [0.1, 0.15) is 0 Å². The molecule has 0 aromatic heterocycles. The minimum Gasteiger partial charge on any atom is -0.236 e. The SMILES string of the molecule is O=C1N([N+](=O)[O-])C2C(N([N+](=O)[O-])CN2[N+](=O)[O-])N1[N+](=O)[O-]. The number of hydrogen-bond donors (Lipinski definition) is 0. The van der Waals surface area contributed by atoms with Crippen molar-refractivity contribution in [2.24, 2.45) is 0 Å². The summed E-state index contributed by atoms with van der Waals surface area (Å²) >= 11 is 0. The standard InChI is InChI=1S/C4H4N8O9/c13-4-7(11(18)19)2-3(8(4)12(20)21)6(10(16)17)1-5(2)9(14)15/h2-3H,1H2. The average molecular weight is 308 g/mol. The highest BCUT2D eigenvalue weighted by molar-refractivity contribution is 5.75. The summed E-state index contributed by atoms with van der Waals surface area (Å²) in [5.41, 5.74) is 0. The van der Waals surface area contributed by atoms with Gasteiger partial charge in [0.25, 0.3) is 12.3 Å². The number of carbonyl (C=O) groups is 1. The average Bonchev–Trinajstić information content (AvgIpc) is 2.81. The Kier molecular flexibility index (Phi) is 2.81. The molecule has 0 aromatic carbocycles. The van der Waals surface area contributed by atoms with E-state index in [4.69, 9.17) is 0 Å². The lowest BCUT2D eigenvalue weighted by molar-refractivity contribution is -0.724. The first-order valence-electron chi connectivity index (χ1n) is 4.91. The first-order valence-corrected chi connectivity index (χ1v) is 4.91. The Labute approximate surface area is 112 Å². The Morgan fingerprint density at radius 2 is 1.10 bits per heavy atom. The zero-order valence-electron chi connectivity index (χ0n) is 9.61. The lowest BCUT2D eigenvalue weighted by atomic mass is 10.4. The molecule has 2 fully saturated rings. The smallest absolute Gasteiger partial charge is 0.236 e. The van der Waals surface area contributed by atoms with Crippen molar-refractivity contribution in [2.75, 3.05) is 6.67 Å². The molecule has 0 aliphatic carbocycles. The highest BCUT2D eigenvalue weighted by Crippen LogP contribution is 2.33. The number of urea groups is 1. The number of nitrogens with zero attached hydrogens (tertiary/aromatic N) is 8. The van der Waals surface area contributed by atoms with Crippen molar-refractivity contribution in [1.29, 1.82) is 0 Å². The molecule has 2 aliphatic rings. The summed E-state index contributed by atoms with van der Waals surface area (Å²) in [6.45, 7) is -1.07. The molecule has 0 radical (unpaired) electrons. The molecule has 2 heterocycles. The molecule has 2 rings (SSSR count). The van der Waals surface area contributed by atoms with Crippen LogP contribution in [0.15, 0.2) is 0 Å². The van der Waals surface area contributed by atoms with Crippen LogP contribution in [-0.4, -0.2) is 65.2 Å². The van der Waals surface area contributed by atoms with Gasteiger partial charge in [-0.3, -0.25) is 0 Å². The summed E-state index contributed by atoms with van der Waals surface area (Å²) in [6, 6.07) is -1.82. The fraction of sp³-hybridized carbons (Fsp3) is 0.750. The number of fused-ring (bicyclic) bond motifs is 1. The zero-order valence-corrected chi connectivity index (χ0v) is 9.61. The van der Waals surface area contributed by atoms with Gasteiger partial charge in [0.05, 0.1) is 0 Å². The minimum absolute atomic E-state index is 0.00231. The maximum absolute atomic E-state index is 11.6. The van der Waals surface area contributed by atoms with Crippen molar-refractivity contribution in [3.63, 3.8) is 0 Å². The molecule has 0 spiro atoms. The molecule has 0 saturated carbocycles. The van der Waals surface area contributed by atoms with Crippen LogP contribution >= 0.6 is 0 Å². The third-order valence-corrected chi connectivity index (χ3v) is 2.83. The summed E-state index contributed by atoms with van der Waals surface area (Å²) < 4.78 is 0. The van der Waals surface area contributed by atoms with E-state index in [0.717, 1.165) is 0 Å². The van der Waals surface area contributed by atoms with Crippen LogP contribution in [0, 0.1) is 40.5 Å². The number of nitro groups is 4. The number of hydrazine groups is 4. The van der Waals surface area contributed by atoms with Gasteiger partial charge < -0.3 is 0 Å². The van der Waals surface area contributed by atoms with Crippen LogP contribution in [0.5, 0.6) is 0 Å². The van der Waals surface area contributed by atoms with Crippen LogP contribution in [0.4, 0.5) is 4.79 Å². The topological polar surface area (TPSA) is 203 Å². The van der Waals surface area contributed by atoms with Crippen LogP contribution in [0.2, 0.25) is 0 Å². The minimum atomic E-state index is -2.11. The fourth-order valence-electron chi connectivity index (χ4n) is 2.09. The Hall–Kier alpha value is -3.53. The number of rotatable bonds is 4. The van der Waals surface area contributed by atoms with Gasteiger partial charge in [0, 0.05) is 10.0 Å². The van der Waals surface area contributed by atoms with Gasteiger partial charge in [-0.05, 0) is 0 Å². The van der Waals surface area contributed by atoms with Gasteiger partial charge in [-0.1, -0.05) is 10.0 Å². The molecule has 21 heavy (non-hydrogen) atoms. The summed E-state index contributed by atoms with van der Waals surface area (Å²) in [4.78, 5) is 54.8. The highest BCUT2D eigenvalue weighted by Gasteiger charge is 2.73. The first kappa shape index (κ1) is 13.9. The Morgan fingerprint density at radius 1 is 0.762 bits per heavy atom. The Bertz CT molecular complexity index is 516. The Balaban J connectivity index is 2.56. The van der Waals surface area contributed by atoms with Gasteiger partial charge in [-0.2, -0.15) is 0 Å². The molecule has 17 heteroatoms. The molecule has 2 atom stereocenters. The van der Waals surface area contributed by atoms with Crippen molar-refractivity contribution >= 4 is 6.03 Å². The van der Waals surface area contributed by atoms with E-state index < -0.39 is 45.2 Å². The zero-order chi connectivity index (χ0) is 16.1. The summed E-state index contributed by atoms with van der Waals surface area (Å²) in [5.74, 6) is 0. The second-order valence-electron chi connectivity index (χ2n) is 3.77. The normalized spacial score (nSPS) is 24.3. The molecule has 0 N–H and O–H groups in total. The van der Waals surface area contributed by atoms with E-state index >= 15 is 0 Å². The molecule has 2 aliphatic heterocycles. The molecule has 0 aromatic rings. The van der Waals surface area contributed by atoms with Crippen LogP contribution in [0.3, 0.4) is 0 Å². The maximum atomic E-state index is 11.6. The summed E-state index contributed by atoms with van der Waals surface area (Å²) in [5, 5.41) is 37.2. The van der Waals surface area contributed by atoms with Gasteiger partial charge >= 0.3 is 6.03 Å². The van der Waals surface area contributed by atoms with Gasteiger partial charge in [0.2, 0.25) is 6.67 Å². The van der Waals surface area contributed by atoms with Crippen LogP contribution in [0.1, 0.15) is 0 Å². The van der Waals surface area contributed by atoms with Gasteiger partial charge in [0.15, 0.2) is 20.1 Å². The van der Waals surface area contributed by atoms with Crippen molar-refractivity contribution in [3.8, 4) is 0 Å². The second-order valence-corrected chi connectivity index (χ2v) is 3.77. The van der Waals surface area contributed by atoms with E-state index in [-0.39, 0.29) is 20.0 Å². The highest BCUT2D eigenvalue weighted by atomic mass is 16.7. The second kappa shape index (κ2) is 4.25. The van der Waals surface area contributed by atoms with Gasteiger partial charge in [-0.25, -0.2) is 45.3 Å². The van der Waals surface area contributed by atoms with Crippen LogP contribution in [0.25, 0.3) is 0 Å². The molecule has 17 nitrogen and oxygen atoms in total. The predicted octanol–water partition coefficient (Wildman–Crippen LogP) is -2.28. The lowest BCUT2D eigenvalue weighted by Crippen LogP contribution is -2.50. The number of carbonyl (C=O) groups excluding carboxylic acids is 1.